The summed E-state index contributed by atoms with van der Waals surface area (Å²) in [5.74, 6) is -0.718. The second-order valence-electron chi connectivity index (χ2n) is 4.60. The quantitative estimate of drug-likeness (QED) is 0.853. The fourth-order valence-electron chi connectivity index (χ4n) is 1.84. The van der Waals surface area contributed by atoms with E-state index < -0.39 is 11.5 Å². The highest BCUT2D eigenvalue weighted by molar-refractivity contribution is 5.87. The van der Waals surface area contributed by atoms with E-state index in [1.807, 2.05) is 6.92 Å². The van der Waals surface area contributed by atoms with E-state index in [-0.39, 0.29) is 5.56 Å². The van der Waals surface area contributed by atoms with Crippen LogP contribution in [-0.4, -0.2) is 15.6 Å². The number of hydrogen-bond donors (Lipinski definition) is 1. The molecule has 1 rings (SSSR count). The van der Waals surface area contributed by atoms with Gasteiger partial charge in [-0.25, -0.2) is 4.79 Å². The summed E-state index contributed by atoms with van der Waals surface area (Å²) >= 11 is 0. The Morgan fingerprint density at radius 3 is 2.53 bits per heavy atom. The normalized spacial score (nSPS) is 10.8. The van der Waals surface area contributed by atoms with E-state index >= 15 is 0 Å². The summed E-state index contributed by atoms with van der Waals surface area (Å²) in [7, 11) is 0. The lowest BCUT2D eigenvalue weighted by Crippen LogP contribution is -2.29. The number of carboxylic acids is 1. The number of hydrogen-bond acceptors (Lipinski definition) is 2. The maximum absolute atomic E-state index is 12.0. The summed E-state index contributed by atoms with van der Waals surface area (Å²) in [5.41, 5.74) is 0.375. The average Bonchev–Trinajstić information content (AvgIpc) is 2.22. The lowest BCUT2D eigenvalue weighted by molar-refractivity contribution is 0.0694. The molecule has 0 aromatic carbocycles. The van der Waals surface area contributed by atoms with E-state index in [0.717, 1.165) is 18.5 Å². The molecule has 0 atom stereocenters. The van der Waals surface area contributed by atoms with E-state index in [1.165, 1.54) is 6.07 Å². The molecule has 94 valence electrons. The van der Waals surface area contributed by atoms with E-state index in [1.54, 1.807) is 10.6 Å². The molecule has 0 aliphatic carbocycles. The van der Waals surface area contributed by atoms with Gasteiger partial charge >= 0.3 is 5.97 Å². The molecule has 0 saturated carbocycles. The van der Waals surface area contributed by atoms with Crippen molar-refractivity contribution in [1.29, 1.82) is 0 Å². The molecular formula is C13H19NO3. The molecule has 4 heteroatoms. The standard InChI is InChI=1S/C13H19NO3/c1-4-7-14-10(8-9(2)3)5-6-11(12(14)15)13(16)17/h5-6,9H,4,7-8H2,1-3H3,(H,16,17). The predicted octanol–water partition coefficient (Wildman–Crippen LogP) is 2.15. The molecule has 4 nitrogen and oxygen atoms in total. The minimum Gasteiger partial charge on any atom is -0.477 e. The van der Waals surface area contributed by atoms with Gasteiger partial charge in [-0.15, -0.1) is 0 Å². The van der Waals surface area contributed by atoms with Gasteiger partial charge in [0, 0.05) is 12.2 Å². The molecule has 0 aliphatic rings. The number of pyridine rings is 1. The van der Waals surface area contributed by atoms with Crippen molar-refractivity contribution in [2.45, 2.75) is 40.2 Å². The molecule has 0 spiro atoms. The number of rotatable bonds is 5. The van der Waals surface area contributed by atoms with Crippen LogP contribution in [0.15, 0.2) is 16.9 Å². The van der Waals surface area contributed by atoms with Gasteiger partial charge in [-0.3, -0.25) is 4.79 Å². The Morgan fingerprint density at radius 1 is 1.41 bits per heavy atom. The number of aromatic nitrogens is 1. The SMILES string of the molecule is CCCn1c(CC(C)C)ccc(C(=O)O)c1=O. The maximum atomic E-state index is 12.0. The van der Waals surface area contributed by atoms with Crippen molar-refractivity contribution < 1.29 is 9.90 Å². The summed E-state index contributed by atoms with van der Waals surface area (Å²) in [6.07, 6.45) is 1.60. The highest BCUT2D eigenvalue weighted by Crippen LogP contribution is 2.08. The largest absolute Gasteiger partial charge is 0.477 e. The van der Waals surface area contributed by atoms with Gasteiger partial charge in [-0.1, -0.05) is 20.8 Å². The van der Waals surface area contributed by atoms with Crippen molar-refractivity contribution >= 4 is 5.97 Å². The smallest absolute Gasteiger partial charge is 0.341 e. The summed E-state index contributed by atoms with van der Waals surface area (Å²) in [6, 6.07) is 3.16. The van der Waals surface area contributed by atoms with Gasteiger partial charge in [0.15, 0.2) is 0 Å². The van der Waals surface area contributed by atoms with E-state index in [2.05, 4.69) is 13.8 Å². The van der Waals surface area contributed by atoms with Crippen LogP contribution in [0.4, 0.5) is 0 Å². The van der Waals surface area contributed by atoms with Gasteiger partial charge in [-0.2, -0.15) is 0 Å². The number of nitrogens with zero attached hydrogens (tertiary/aromatic N) is 1. The molecule has 0 fully saturated rings. The predicted molar refractivity (Wildman–Crippen MR) is 66.5 cm³/mol. The first kappa shape index (κ1) is 13.5. The highest BCUT2D eigenvalue weighted by atomic mass is 16.4. The number of carbonyl (C=O) groups is 1. The molecule has 0 amide bonds. The lowest BCUT2D eigenvalue weighted by Gasteiger charge is -2.14. The molecule has 0 aliphatic heterocycles. The van der Waals surface area contributed by atoms with Crippen molar-refractivity contribution in [3.8, 4) is 0 Å². The van der Waals surface area contributed by atoms with Gasteiger partial charge in [0.25, 0.3) is 5.56 Å². The fraction of sp³-hybridized carbons (Fsp3) is 0.538. The van der Waals surface area contributed by atoms with Crippen LogP contribution >= 0.6 is 0 Å². The fourth-order valence-corrected chi connectivity index (χ4v) is 1.84. The maximum Gasteiger partial charge on any atom is 0.341 e. The van der Waals surface area contributed by atoms with Crippen LogP contribution in [0.1, 0.15) is 43.2 Å². The van der Waals surface area contributed by atoms with E-state index in [9.17, 15) is 9.59 Å². The van der Waals surface area contributed by atoms with Crippen molar-refractivity contribution in [2.75, 3.05) is 0 Å². The Kier molecular flexibility index (Phi) is 4.49. The minimum atomic E-state index is -1.16. The Labute approximate surface area is 101 Å². The summed E-state index contributed by atoms with van der Waals surface area (Å²) < 4.78 is 1.59. The Morgan fingerprint density at radius 2 is 2.06 bits per heavy atom. The third-order valence-corrected chi connectivity index (χ3v) is 2.56. The molecule has 17 heavy (non-hydrogen) atoms. The van der Waals surface area contributed by atoms with Crippen molar-refractivity contribution in [3.63, 3.8) is 0 Å². The van der Waals surface area contributed by atoms with Gasteiger partial charge in [0.2, 0.25) is 0 Å². The van der Waals surface area contributed by atoms with E-state index in [0.29, 0.717) is 12.5 Å². The third-order valence-electron chi connectivity index (χ3n) is 2.56. The number of aromatic carboxylic acids is 1. The van der Waals surface area contributed by atoms with Crippen molar-refractivity contribution in [2.24, 2.45) is 5.92 Å². The average molecular weight is 237 g/mol. The van der Waals surface area contributed by atoms with Gasteiger partial charge < -0.3 is 9.67 Å². The van der Waals surface area contributed by atoms with Gasteiger partial charge in [-0.05, 0) is 30.9 Å². The molecule has 1 heterocycles. The van der Waals surface area contributed by atoms with Crippen molar-refractivity contribution in [3.05, 3.63) is 33.7 Å². The first-order chi connectivity index (χ1) is 7.97. The van der Waals surface area contributed by atoms with Crippen LogP contribution < -0.4 is 5.56 Å². The van der Waals surface area contributed by atoms with Crippen LogP contribution in [0.5, 0.6) is 0 Å². The van der Waals surface area contributed by atoms with Crippen LogP contribution in [0.3, 0.4) is 0 Å². The Bertz CT molecular complexity index is 460. The first-order valence-corrected chi connectivity index (χ1v) is 5.93. The molecule has 1 aromatic heterocycles. The van der Waals surface area contributed by atoms with Crippen LogP contribution in [0.25, 0.3) is 0 Å². The topological polar surface area (TPSA) is 59.3 Å². The molecule has 0 saturated heterocycles. The summed E-state index contributed by atoms with van der Waals surface area (Å²) in [6.45, 7) is 6.69. The van der Waals surface area contributed by atoms with Gasteiger partial charge in [0.05, 0.1) is 0 Å². The second kappa shape index (κ2) is 5.66. The van der Waals surface area contributed by atoms with Crippen molar-refractivity contribution in [1.82, 2.24) is 4.57 Å². The van der Waals surface area contributed by atoms with Gasteiger partial charge in [0.1, 0.15) is 5.56 Å². The van der Waals surface area contributed by atoms with Crippen LogP contribution in [-0.2, 0) is 13.0 Å². The molecule has 1 N–H and O–H groups in total. The van der Waals surface area contributed by atoms with Crippen LogP contribution in [0.2, 0.25) is 0 Å². The van der Waals surface area contributed by atoms with Crippen LogP contribution in [0, 0.1) is 5.92 Å². The zero-order valence-corrected chi connectivity index (χ0v) is 10.6. The molecule has 0 radical (unpaired) electrons. The van der Waals surface area contributed by atoms with E-state index in [4.69, 9.17) is 5.11 Å². The molecular weight excluding hydrogens is 218 g/mol. The zero-order valence-electron chi connectivity index (χ0n) is 10.6. The Hall–Kier alpha value is -1.58. The lowest BCUT2D eigenvalue weighted by atomic mass is 10.1. The summed E-state index contributed by atoms with van der Waals surface area (Å²) in [5, 5.41) is 8.92. The zero-order chi connectivity index (χ0) is 13.0. The summed E-state index contributed by atoms with van der Waals surface area (Å²) in [4.78, 5) is 22.9. The monoisotopic (exact) mass is 237 g/mol. The molecule has 1 aromatic rings. The number of carboxylic acid groups (broad SMARTS) is 1. The highest BCUT2D eigenvalue weighted by Gasteiger charge is 2.13. The first-order valence-electron chi connectivity index (χ1n) is 5.93. The molecule has 0 unspecified atom stereocenters. The molecule has 0 bridgehead atoms. The Balaban J connectivity index is 3.29. The second-order valence-corrected chi connectivity index (χ2v) is 4.60. The third kappa shape index (κ3) is 3.19. The minimum absolute atomic E-state index is 0.147.